The van der Waals surface area contributed by atoms with Crippen molar-refractivity contribution in [2.75, 3.05) is 0 Å². The molecule has 7 nitrogen and oxygen atoms in total. The van der Waals surface area contributed by atoms with Gasteiger partial charge in [-0.1, -0.05) is 12.1 Å². The van der Waals surface area contributed by atoms with E-state index in [-0.39, 0.29) is 23.9 Å². The Kier molecular flexibility index (Phi) is 5.11. The van der Waals surface area contributed by atoms with Gasteiger partial charge in [0, 0.05) is 18.9 Å². The van der Waals surface area contributed by atoms with Crippen LogP contribution in [0.25, 0.3) is 10.9 Å². The standard InChI is InChI=1S/C18H21N3O4/c1-11(17(23)19-12-9-10-12)25-16(22)8-4-7-15-20-14-6-3-2-5-13(14)18(24)21-15/h2-3,5-6,11-12H,4,7-10H2,1H3,(H,19,23)(H,20,21,24)/t11-/m0/s1. The van der Waals surface area contributed by atoms with Gasteiger partial charge in [0.05, 0.1) is 10.9 Å². The molecule has 25 heavy (non-hydrogen) atoms. The van der Waals surface area contributed by atoms with E-state index >= 15 is 0 Å². The van der Waals surface area contributed by atoms with Gasteiger partial charge in [0.2, 0.25) is 0 Å². The summed E-state index contributed by atoms with van der Waals surface area (Å²) in [6.45, 7) is 1.57. The number of aromatic amines is 1. The minimum Gasteiger partial charge on any atom is -0.453 e. The highest BCUT2D eigenvalue weighted by molar-refractivity contribution is 5.83. The highest BCUT2D eigenvalue weighted by atomic mass is 16.5. The van der Waals surface area contributed by atoms with E-state index < -0.39 is 12.1 Å². The Morgan fingerprint density at radius 3 is 2.88 bits per heavy atom. The molecule has 7 heteroatoms. The molecular weight excluding hydrogens is 322 g/mol. The molecule has 0 aliphatic heterocycles. The summed E-state index contributed by atoms with van der Waals surface area (Å²) < 4.78 is 5.13. The SMILES string of the molecule is C[C@H](OC(=O)CCCc1nc2ccccc2c(=O)[nH]1)C(=O)NC1CC1. The Morgan fingerprint density at radius 1 is 1.36 bits per heavy atom. The van der Waals surface area contributed by atoms with E-state index in [9.17, 15) is 14.4 Å². The molecule has 1 fully saturated rings. The van der Waals surface area contributed by atoms with Crippen LogP contribution in [0, 0.1) is 0 Å². The Hall–Kier alpha value is -2.70. The van der Waals surface area contributed by atoms with E-state index in [0.29, 0.717) is 29.6 Å². The number of rotatable bonds is 7. The maximum atomic E-state index is 12.0. The van der Waals surface area contributed by atoms with Gasteiger partial charge < -0.3 is 15.0 Å². The second-order valence-corrected chi connectivity index (χ2v) is 6.30. The number of esters is 1. The lowest BCUT2D eigenvalue weighted by Crippen LogP contribution is -2.37. The molecule has 0 bridgehead atoms. The molecule has 1 aliphatic rings. The van der Waals surface area contributed by atoms with Crippen molar-refractivity contribution in [3.8, 4) is 0 Å². The Labute approximate surface area is 144 Å². The number of para-hydroxylation sites is 1. The molecule has 0 saturated heterocycles. The molecule has 0 spiro atoms. The summed E-state index contributed by atoms with van der Waals surface area (Å²) in [4.78, 5) is 42.7. The van der Waals surface area contributed by atoms with Crippen molar-refractivity contribution in [1.29, 1.82) is 0 Å². The molecular formula is C18H21N3O4. The van der Waals surface area contributed by atoms with Crippen LogP contribution >= 0.6 is 0 Å². The lowest BCUT2D eigenvalue weighted by Gasteiger charge is -2.13. The third kappa shape index (κ3) is 4.65. The molecule has 1 amide bonds. The van der Waals surface area contributed by atoms with Gasteiger partial charge in [-0.3, -0.25) is 14.4 Å². The number of H-pyrrole nitrogens is 1. The first-order valence-corrected chi connectivity index (χ1v) is 8.51. The van der Waals surface area contributed by atoms with E-state index in [1.54, 1.807) is 25.1 Å². The van der Waals surface area contributed by atoms with E-state index in [1.165, 1.54) is 0 Å². The molecule has 1 aromatic carbocycles. The van der Waals surface area contributed by atoms with Crippen molar-refractivity contribution < 1.29 is 14.3 Å². The smallest absolute Gasteiger partial charge is 0.306 e. The van der Waals surface area contributed by atoms with Gasteiger partial charge >= 0.3 is 5.97 Å². The van der Waals surface area contributed by atoms with Crippen LogP contribution < -0.4 is 10.9 Å². The fourth-order valence-electron chi connectivity index (χ4n) is 2.51. The van der Waals surface area contributed by atoms with Crippen LogP contribution in [0.5, 0.6) is 0 Å². The van der Waals surface area contributed by atoms with Crippen LogP contribution in [-0.2, 0) is 20.7 Å². The molecule has 2 aromatic rings. The number of carbonyl (C=O) groups excluding carboxylic acids is 2. The first-order chi connectivity index (χ1) is 12.0. The summed E-state index contributed by atoms with van der Waals surface area (Å²) in [5.74, 6) is -0.144. The highest BCUT2D eigenvalue weighted by Gasteiger charge is 2.27. The number of hydrogen-bond donors (Lipinski definition) is 2. The van der Waals surface area contributed by atoms with Crippen molar-refractivity contribution >= 4 is 22.8 Å². The third-order valence-electron chi connectivity index (χ3n) is 4.06. The predicted molar refractivity (Wildman–Crippen MR) is 92.0 cm³/mol. The molecule has 0 radical (unpaired) electrons. The summed E-state index contributed by atoms with van der Waals surface area (Å²) >= 11 is 0. The maximum Gasteiger partial charge on any atom is 0.306 e. The van der Waals surface area contributed by atoms with Gasteiger partial charge in [0.1, 0.15) is 5.82 Å². The first-order valence-electron chi connectivity index (χ1n) is 8.51. The van der Waals surface area contributed by atoms with Crippen LogP contribution in [-0.4, -0.2) is 34.0 Å². The average molecular weight is 343 g/mol. The molecule has 3 rings (SSSR count). The monoisotopic (exact) mass is 343 g/mol. The molecule has 2 N–H and O–H groups in total. The van der Waals surface area contributed by atoms with E-state index in [2.05, 4.69) is 15.3 Å². The van der Waals surface area contributed by atoms with E-state index in [4.69, 9.17) is 4.74 Å². The minimum atomic E-state index is -0.785. The van der Waals surface area contributed by atoms with Crippen LogP contribution in [0.1, 0.15) is 38.4 Å². The second kappa shape index (κ2) is 7.46. The van der Waals surface area contributed by atoms with Gasteiger partial charge in [-0.25, -0.2) is 4.98 Å². The van der Waals surface area contributed by atoms with Gasteiger partial charge in [0.15, 0.2) is 6.10 Å². The molecule has 1 heterocycles. The molecule has 1 aromatic heterocycles. The zero-order valence-corrected chi connectivity index (χ0v) is 14.1. The number of amides is 1. The molecule has 132 valence electrons. The summed E-state index contributed by atoms with van der Waals surface area (Å²) in [6, 6.07) is 7.35. The van der Waals surface area contributed by atoms with Crippen molar-refractivity contribution in [3.63, 3.8) is 0 Å². The Bertz CT molecular complexity index is 842. The van der Waals surface area contributed by atoms with Gasteiger partial charge in [-0.05, 0) is 38.3 Å². The second-order valence-electron chi connectivity index (χ2n) is 6.30. The van der Waals surface area contributed by atoms with E-state index in [1.807, 2.05) is 6.07 Å². The number of benzene rings is 1. The zero-order valence-electron chi connectivity index (χ0n) is 14.1. The quantitative estimate of drug-likeness (QED) is 0.741. The van der Waals surface area contributed by atoms with Crippen molar-refractivity contribution in [1.82, 2.24) is 15.3 Å². The molecule has 1 saturated carbocycles. The number of ether oxygens (including phenoxy) is 1. The van der Waals surface area contributed by atoms with Crippen molar-refractivity contribution in [2.24, 2.45) is 0 Å². The van der Waals surface area contributed by atoms with E-state index in [0.717, 1.165) is 12.8 Å². The highest BCUT2D eigenvalue weighted by Crippen LogP contribution is 2.18. The topological polar surface area (TPSA) is 101 Å². The number of fused-ring (bicyclic) bond motifs is 1. The summed E-state index contributed by atoms with van der Waals surface area (Å²) in [7, 11) is 0. The summed E-state index contributed by atoms with van der Waals surface area (Å²) in [5, 5.41) is 3.34. The van der Waals surface area contributed by atoms with Crippen LogP contribution in [0.3, 0.4) is 0 Å². The van der Waals surface area contributed by atoms with Gasteiger partial charge in [-0.2, -0.15) is 0 Å². The number of aromatic nitrogens is 2. The number of nitrogens with one attached hydrogen (secondary N) is 2. The Balaban J connectivity index is 1.48. The van der Waals surface area contributed by atoms with Crippen LogP contribution in [0.4, 0.5) is 0 Å². The Morgan fingerprint density at radius 2 is 2.12 bits per heavy atom. The van der Waals surface area contributed by atoms with Crippen molar-refractivity contribution in [3.05, 3.63) is 40.4 Å². The lowest BCUT2D eigenvalue weighted by molar-refractivity contribution is -0.154. The molecule has 1 atom stereocenters. The fourth-order valence-corrected chi connectivity index (χ4v) is 2.51. The average Bonchev–Trinajstić information content (AvgIpc) is 3.39. The molecule has 0 unspecified atom stereocenters. The zero-order chi connectivity index (χ0) is 17.8. The number of hydrogen-bond acceptors (Lipinski definition) is 5. The fraction of sp³-hybridized carbons (Fsp3) is 0.444. The number of nitrogens with zero attached hydrogens (tertiary/aromatic N) is 1. The predicted octanol–water partition coefficient (Wildman–Crippen LogP) is 1.46. The third-order valence-corrected chi connectivity index (χ3v) is 4.06. The normalized spacial score (nSPS) is 14.9. The summed E-state index contributed by atoms with van der Waals surface area (Å²) in [6.07, 6.45) is 2.30. The van der Waals surface area contributed by atoms with Crippen molar-refractivity contribution in [2.45, 2.75) is 51.2 Å². The lowest BCUT2D eigenvalue weighted by atomic mass is 10.2. The number of carbonyl (C=O) groups is 2. The summed E-state index contributed by atoms with van der Waals surface area (Å²) in [5.41, 5.74) is 0.447. The van der Waals surface area contributed by atoms with Crippen LogP contribution in [0.15, 0.2) is 29.1 Å². The van der Waals surface area contributed by atoms with Gasteiger partial charge in [0.25, 0.3) is 11.5 Å². The molecule has 1 aliphatic carbocycles. The first kappa shape index (κ1) is 17.1. The number of aryl methyl sites for hydroxylation is 1. The maximum absolute atomic E-state index is 12.0. The van der Waals surface area contributed by atoms with Gasteiger partial charge in [-0.15, -0.1) is 0 Å². The largest absolute Gasteiger partial charge is 0.453 e. The van der Waals surface area contributed by atoms with Crippen LogP contribution in [0.2, 0.25) is 0 Å². The minimum absolute atomic E-state index is 0.164.